The molecule has 0 unspecified atom stereocenters. The number of hydrogen-bond donors (Lipinski definition) is 1. The molecular weight excluding hydrogens is 386 g/mol. The van der Waals surface area contributed by atoms with Crippen LogP contribution in [-0.2, 0) is 16.4 Å². The summed E-state index contributed by atoms with van der Waals surface area (Å²) in [6.07, 6.45) is 1.19. The summed E-state index contributed by atoms with van der Waals surface area (Å²) >= 11 is 6.83. The van der Waals surface area contributed by atoms with Gasteiger partial charge < -0.3 is 10.1 Å². The second kappa shape index (κ2) is 6.88. The minimum absolute atomic E-state index is 0.00411. The molecule has 0 radical (unpaired) electrons. The third kappa shape index (κ3) is 5.26. The number of hydrogen-bond acceptors (Lipinski definition) is 4. The summed E-state index contributed by atoms with van der Waals surface area (Å²) in [6.45, 7) is 0.891. The molecule has 0 saturated heterocycles. The van der Waals surface area contributed by atoms with Gasteiger partial charge in [-0.15, -0.1) is 0 Å². The first kappa shape index (κ1) is 15.9. The highest BCUT2D eigenvalue weighted by molar-refractivity contribution is 9.11. The molecule has 0 amide bonds. The molecule has 0 aliphatic rings. The molecule has 1 aromatic rings. The molecule has 1 N–H and O–H groups in total. The molecule has 0 aliphatic heterocycles. The third-order valence-electron chi connectivity index (χ3n) is 2.14. The number of halogens is 2. The molecule has 0 aliphatic carbocycles. The minimum Gasteiger partial charge on any atom is -0.490 e. The highest BCUT2D eigenvalue weighted by Crippen LogP contribution is 2.34. The van der Waals surface area contributed by atoms with Crippen LogP contribution in [0.2, 0.25) is 0 Å². The predicted octanol–water partition coefficient (Wildman–Crippen LogP) is 2.35. The average molecular weight is 401 g/mol. The number of sulfone groups is 1. The largest absolute Gasteiger partial charge is 0.490 e. The van der Waals surface area contributed by atoms with Gasteiger partial charge in [-0.1, -0.05) is 0 Å². The van der Waals surface area contributed by atoms with Crippen LogP contribution in [-0.4, -0.2) is 34.1 Å². The van der Waals surface area contributed by atoms with E-state index in [0.29, 0.717) is 5.75 Å². The van der Waals surface area contributed by atoms with Crippen molar-refractivity contribution in [2.75, 3.05) is 25.7 Å². The Morgan fingerprint density at radius 1 is 1.28 bits per heavy atom. The van der Waals surface area contributed by atoms with Crippen LogP contribution < -0.4 is 10.1 Å². The van der Waals surface area contributed by atoms with Crippen LogP contribution in [0.15, 0.2) is 21.1 Å². The van der Waals surface area contributed by atoms with Crippen LogP contribution in [0.25, 0.3) is 0 Å². The quantitative estimate of drug-likeness (QED) is 0.796. The molecule has 7 heteroatoms. The standard InChI is InChI=1S/C11H15Br2NO3S/c1-14-7-8-5-9(12)11(10(13)6-8)17-3-4-18(2,15)16/h5-6,14H,3-4,7H2,1-2H3. The lowest BCUT2D eigenvalue weighted by Crippen LogP contribution is -2.12. The van der Waals surface area contributed by atoms with Crippen LogP contribution in [0.4, 0.5) is 0 Å². The number of rotatable bonds is 6. The van der Waals surface area contributed by atoms with Crippen molar-refractivity contribution in [1.82, 2.24) is 5.32 Å². The van der Waals surface area contributed by atoms with Crippen molar-refractivity contribution in [3.05, 3.63) is 26.6 Å². The van der Waals surface area contributed by atoms with Gasteiger partial charge in [-0.3, -0.25) is 0 Å². The van der Waals surface area contributed by atoms with Gasteiger partial charge in [-0.25, -0.2) is 8.42 Å². The van der Waals surface area contributed by atoms with Gasteiger partial charge in [0, 0.05) is 12.8 Å². The van der Waals surface area contributed by atoms with Gasteiger partial charge in [0.05, 0.1) is 14.7 Å². The van der Waals surface area contributed by atoms with Crippen LogP contribution >= 0.6 is 31.9 Å². The average Bonchev–Trinajstić information content (AvgIpc) is 2.21. The third-order valence-corrected chi connectivity index (χ3v) is 4.23. The summed E-state index contributed by atoms with van der Waals surface area (Å²) in [5.41, 5.74) is 1.10. The van der Waals surface area contributed by atoms with Crippen LogP contribution in [0.3, 0.4) is 0 Å². The Morgan fingerprint density at radius 3 is 2.28 bits per heavy atom. The maximum absolute atomic E-state index is 11.0. The lowest BCUT2D eigenvalue weighted by atomic mass is 10.2. The van der Waals surface area contributed by atoms with Gasteiger partial charge in [0.2, 0.25) is 0 Å². The lowest BCUT2D eigenvalue weighted by molar-refractivity contribution is 0.336. The zero-order chi connectivity index (χ0) is 13.8. The minimum atomic E-state index is -3.00. The van der Waals surface area contributed by atoms with Crippen molar-refractivity contribution < 1.29 is 13.2 Å². The van der Waals surface area contributed by atoms with E-state index in [1.54, 1.807) is 0 Å². The zero-order valence-electron chi connectivity index (χ0n) is 10.2. The fourth-order valence-electron chi connectivity index (χ4n) is 1.35. The normalized spacial score (nSPS) is 11.6. The Hall–Kier alpha value is -0.110. The molecule has 102 valence electrons. The second-order valence-electron chi connectivity index (χ2n) is 3.90. The van der Waals surface area contributed by atoms with E-state index in [4.69, 9.17) is 4.74 Å². The van der Waals surface area contributed by atoms with E-state index in [0.717, 1.165) is 21.1 Å². The first-order valence-corrected chi connectivity index (χ1v) is 8.91. The number of benzene rings is 1. The lowest BCUT2D eigenvalue weighted by Gasteiger charge is -2.12. The Bertz CT molecular complexity index is 494. The summed E-state index contributed by atoms with van der Waals surface area (Å²) in [4.78, 5) is 0. The van der Waals surface area contributed by atoms with Crippen molar-refractivity contribution in [3.8, 4) is 5.75 Å². The first-order chi connectivity index (χ1) is 8.33. The summed E-state index contributed by atoms with van der Waals surface area (Å²) in [5.74, 6) is 0.628. The highest BCUT2D eigenvalue weighted by Gasteiger charge is 2.10. The van der Waals surface area contributed by atoms with E-state index in [9.17, 15) is 8.42 Å². The fourth-order valence-corrected chi connectivity index (χ4v) is 3.25. The molecule has 4 nitrogen and oxygen atoms in total. The summed E-state index contributed by atoms with van der Waals surface area (Å²) in [7, 11) is -1.13. The van der Waals surface area contributed by atoms with E-state index < -0.39 is 9.84 Å². The molecule has 0 saturated carbocycles. The van der Waals surface area contributed by atoms with Gasteiger partial charge in [0.25, 0.3) is 0 Å². The van der Waals surface area contributed by atoms with Gasteiger partial charge in [0.1, 0.15) is 12.4 Å². The molecule has 0 bridgehead atoms. The molecular formula is C11H15Br2NO3S. The Labute approximate surface area is 124 Å². The Balaban J connectivity index is 2.77. The van der Waals surface area contributed by atoms with E-state index in [-0.39, 0.29) is 12.4 Å². The maximum atomic E-state index is 11.0. The fraction of sp³-hybridized carbons (Fsp3) is 0.455. The SMILES string of the molecule is CNCc1cc(Br)c(OCCS(C)(=O)=O)c(Br)c1. The van der Waals surface area contributed by atoms with Crippen LogP contribution in [0, 0.1) is 0 Å². The smallest absolute Gasteiger partial charge is 0.150 e. The molecule has 0 aromatic heterocycles. The summed E-state index contributed by atoms with van der Waals surface area (Å²) in [6, 6.07) is 3.88. The molecule has 1 aromatic carbocycles. The van der Waals surface area contributed by atoms with Gasteiger partial charge in [0.15, 0.2) is 9.84 Å². The summed E-state index contributed by atoms with van der Waals surface area (Å²) in [5, 5.41) is 3.06. The molecule has 0 fully saturated rings. The second-order valence-corrected chi connectivity index (χ2v) is 7.87. The van der Waals surface area contributed by atoms with Crippen molar-refractivity contribution in [2.24, 2.45) is 0 Å². The predicted molar refractivity (Wildman–Crippen MR) is 79.8 cm³/mol. The monoisotopic (exact) mass is 399 g/mol. The molecule has 18 heavy (non-hydrogen) atoms. The number of nitrogens with one attached hydrogen (secondary N) is 1. The van der Waals surface area contributed by atoms with Crippen molar-refractivity contribution in [1.29, 1.82) is 0 Å². The summed E-state index contributed by atoms with van der Waals surface area (Å²) < 4.78 is 29.1. The van der Waals surface area contributed by atoms with E-state index in [2.05, 4.69) is 37.2 Å². The van der Waals surface area contributed by atoms with Crippen molar-refractivity contribution in [3.63, 3.8) is 0 Å². The van der Waals surface area contributed by atoms with Crippen molar-refractivity contribution >= 4 is 41.7 Å². The van der Waals surface area contributed by atoms with Gasteiger partial charge >= 0.3 is 0 Å². The molecule has 0 heterocycles. The van der Waals surface area contributed by atoms with Gasteiger partial charge in [-0.2, -0.15) is 0 Å². The Morgan fingerprint density at radius 2 is 1.83 bits per heavy atom. The molecule has 0 atom stereocenters. The maximum Gasteiger partial charge on any atom is 0.150 e. The Kier molecular flexibility index (Phi) is 6.10. The van der Waals surface area contributed by atoms with E-state index in [1.165, 1.54) is 6.26 Å². The van der Waals surface area contributed by atoms with E-state index in [1.807, 2.05) is 19.2 Å². The highest BCUT2D eigenvalue weighted by atomic mass is 79.9. The van der Waals surface area contributed by atoms with Crippen LogP contribution in [0.5, 0.6) is 5.75 Å². The van der Waals surface area contributed by atoms with E-state index >= 15 is 0 Å². The first-order valence-electron chi connectivity index (χ1n) is 5.26. The molecule has 0 spiro atoms. The van der Waals surface area contributed by atoms with Crippen LogP contribution in [0.1, 0.15) is 5.56 Å². The zero-order valence-corrected chi connectivity index (χ0v) is 14.2. The molecule has 1 rings (SSSR count). The topological polar surface area (TPSA) is 55.4 Å². The van der Waals surface area contributed by atoms with Crippen molar-refractivity contribution in [2.45, 2.75) is 6.54 Å². The van der Waals surface area contributed by atoms with Gasteiger partial charge in [-0.05, 0) is 56.6 Å². The number of ether oxygens (including phenoxy) is 1.